The van der Waals surface area contributed by atoms with Gasteiger partial charge in [-0.3, -0.25) is 4.79 Å². The number of hydrogen-bond donors (Lipinski definition) is 1. The van der Waals surface area contributed by atoms with Crippen LogP contribution in [-0.4, -0.2) is 30.4 Å². The van der Waals surface area contributed by atoms with Crippen LogP contribution in [0.3, 0.4) is 0 Å². The molecule has 2 atom stereocenters. The van der Waals surface area contributed by atoms with E-state index in [0.29, 0.717) is 5.57 Å². The fourth-order valence-electron chi connectivity index (χ4n) is 0.370. The van der Waals surface area contributed by atoms with Gasteiger partial charge in [-0.25, -0.2) is 0 Å². The zero-order chi connectivity index (χ0) is 9.02. The molecule has 1 saturated heterocycles. The number of carbonyl (C=O) groups excluding carboxylic acids is 1. The highest BCUT2D eigenvalue weighted by Gasteiger charge is 2.22. The molecule has 0 aliphatic carbocycles. The molecule has 3 nitrogen and oxygen atoms in total. The third-order valence-corrected chi connectivity index (χ3v) is 1.59. The normalized spacial score (nSPS) is 26.5. The molecular formula is C8H16N2O. The van der Waals surface area contributed by atoms with Crippen molar-refractivity contribution in [3.8, 4) is 0 Å². The van der Waals surface area contributed by atoms with Crippen LogP contribution in [0.25, 0.3) is 0 Å². The lowest BCUT2D eigenvalue weighted by Gasteiger charge is -1.81. The molecule has 64 valence electrons. The second-order valence-corrected chi connectivity index (χ2v) is 2.93. The molecule has 2 unspecified atom stereocenters. The Hall–Kier alpha value is -0.830. The quantitative estimate of drug-likeness (QED) is 0.440. The Bertz CT molecular complexity index is 147. The van der Waals surface area contributed by atoms with E-state index in [0.717, 1.165) is 6.04 Å². The number of nitrogens with two attached hydrogens (primary N) is 1. The summed E-state index contributed by atoms with van der Waals surface area (Å²) in [6, 6.07) is 0.884. The van der Waals surface area contributed by atoms with Crippen LogP contribution in [0.15, 0.2) is 12.2 Å². The number of amides is 1. The maximum atomic E-state index is 9.82. The highest BCUT2D eigenvalue weighted by atomic mass is 16.1. The summed E-state index contributed by atoms with van der Waals surface area (Å²) < 4.78 is 0. The third kappa shape index (κ3) is 5.61. The highest BCUT2D eigenvalue weighted by Crippen LogP contribution is 2.09. The summed E-state index contributed by atoms with van der Waals surface area (Å²) in [5.74, 6) is -0.435. The number of primary amides is 1. The van der Waals surface area contributed by atoms with E-state index < -0.39 is 5.91 Å². The SMILES string of the molecule is C=C(C)C(N)=O.CC1CN1C. The van der Waals surface area contributed by atoms with Crippen LogP contribution < -0.4 is 5.73 Å². The first kappa shape index (κ1) is 10.2. The third-order valence-electron chi connectivity index (χ3n) is 1.59. The summed E-state index contributed by atoms with van der Waals surface area (Å²) in [6.07, 6.45) is 0. The Morgan fingerprint density at radius 2 is 1.91 bits per heavy atom. The number of carbonyl (C=O) groups is 1. The molecule has 1 heterocycles. The van der Waals surface area contributed by atoms with Gasteiger partial charge in [-0.15, -0.1) is 0 Å². The van der Waals surface area contributed by atoms with Gasteiger partial charge in [-0.2, -0.15) is 0 Å². The largest absolute Gasteiger partial charge is 0.366 e. The van der Waals surface area contributed by atoms with Crippen LogP contribution in [0, 0.1) is 0 Å². The van der Waals surface area contributed by atoms with Gasteiger partial charge in [0.2, 0.25) is 5.91 Å². The molecule has 1 aliphatic heterocycles. The van der Waals surface area contributed by atoms with Crippen LogP contribution >= 0.6 is 0 Å². The average Bonchev–Trinajstić information content (AvgIpc) is 2.46. The summed E-state index contributed by atoms with van der Waals surface area (Å²) in [5.41, 5.74) is 5.09. The molecule has 2 N–H and O–H groups in total. The molecule has 0 aromatic rings. The lowest BCUT2D eigenvalue weighted by atomic mass is 10.3. The molecule has 0 aromatic carbocycles. The lowest BCUT2D eigenvalue weighted by Crippen LogP contribution is -2.10. The number of nitrogens with zero attached hydrogens (tertiary/aromatic N) is 1. The standard InChI is InChI=1S/C4H7NO.C4H9N/c1-3(2)4(5)6;1-4-3-5(4)2/h1H2,2H3,(H2,5,6);4H,3H2,1-2H3. The van der Waals surface area contributed by atoms with Gasteiger partial charge in [0.15, 0.2) is 0 Å². The second kappa shape index (κ2) is 4.13. The van der Waals surface area contributed by atoms with E-state index in [9.17, 15) is 4.79 Å². The Balaban J connectivity index is 0.000000183. The summed E-state index contributed by atoms with van der Waals surface area (Å²) >= 11 is 0. The maximum Gasteiger partial charge on any atom is 0.243 e. The average molecular weight is 156 g/mol. The van der Waals surface area contributed by atoms with Gasteiger partial charge >= 0.3 is 0 Å². The highest BCUT2D eigenvalue weighted by molar-refractivity contribution is 5.90. The Labute approximate surface area is 67.9 Å². The van der Waals surface area contributed by atoms with Crippen LogP contribution in [-0.2, 0) is 4.79 Å². The van der Waals surface area contributed by atoms with E-state index in [4.69, 9.17) is 5.73 Å². The molecule has 0 aromatic heterocycles. The molecule has 1 rings (SSSR count). The van der Waals surface area contributed by atoms with Crippen molar-refractivity contribution in [3.05, 3.63) is 12.2 Å². The second-order valence-electron chi connectivity index (χ2n) is 2.93. The predicted molar refractivity (Wildman–Crippen MR) is 46.1 cm³/mol. The Morgan fingerprint density at radius 3 is 1.91 bits per heavy atom. The van der Waals surface area contributed by atoms with E-state index >= 15 is 0 Å². The molecule has 1 amide bonds. The van der Waals surface area contributed by atoms with Gasteiger partial charge < -0.3 is 10.6 Å². The van der Waals surface area contributed by atoms with E-state index in [1.54, 1.807) is 6.92 Å². The van der Waals surface area contributed by atoms with Gasteiger partial charge in [0, 0.05) is 18.2 Å². The first-order chi connectivity index (χ1) is 4.95. The monoisotopic (exact) mass is 156 g/mol. The van der Waals surface area contributed by atoms with Crippen LogP contribution in [0.2, 0.25) is 0 Å². The summed E-state index contributed by atoms with van der Waals surface area (Å²) in [4.78, 5) is 12.1. The van der Waals surface area contributed by atoms with Crippen molar-refractivity contribution < 1.29 is 4.79 Å². The lowest BCUT2D eigenvalue weighted by molar-refractivity contribution is -0.114. The van der Waals surface area contributed by atoms with Crippen molar-refractivity contribution in [3.63, 3.8) is 0 Å². The van der Waals surface area contributed by atoms with Gasteiger partial charge in [0.05, 0.1) is 0 Å². The van der Waals surface area contributed by atoms with Gasteiger partial charge in [-0.1, -0.05) is 6.58 Å². The fraction of sp³-hybridized carbons (Fsp3) is 0.625. The van der Waals surface area contributed by atoms with E-state index in [1.807, 2.05) is 0 Å². The number of hydrogen-bond acceptors (Lipinski definition) is 2. The fourth-order valence-corrected chi connectivity index (χ4v) is 0.370. The molecular weight excluding hydrogens is 140 g/mol. The zero-order valence-corrected chi connectivity index (χ0v) is 7.42. The minimum Gasteiger partial charge on any atom is -0.366 e. The Kier molecular flexibility index (Phi) is 3.82. The van der Waals surface area contributed by atoms with E-state index in [2.05, 4.69) is 25.5 Å². The van der Waals surface area contributed by atoms with Crippen LogP contribution in [0.5, 0.6) is 0 Å². The number of likely N-dealkylation sites (N-methyl/N-ethyl adjacent to an activating group) is 1. The van der Waals surface area contributed by atoms with Crippen molar-refractivity contribution in [2.45, 2.75) is 19.9 Å². The summed E-state index contributed by atoms with van der Waals surface area (Å²) in [7, 11) is 2.13. The van der Waals surface area contributed by atoms with Crippen molar-refractivity contribution in [2.75, 3.05) is 13.6 Å². The molecule has 11 heavy (non-hydrogen) atoms. The molecule has 0 bridgehead atoms. The smallest absolute Gasteiger partial charge is 0.243 e. The first-order valence-corrected chi connectivity index (χ1v) is 3.60. The molecule has 0 saturated carbocycles. The van der Waals surface area contributed by atoms with E-state index in [-0.39, 0.29) is 0 Å². The van der Waals surface area contributed by atoms with Crippen molar-refractivity contribution in [1.29, 1.82) is 0 Å². The predicted octanol–water partition coefficient (Wildman–Crippen LogP) is 0.368. The zero-order valence-electron chi connectivity index (χ0n) is 7.42. The van der Waals surface area contributed by atoms with Crippen molar-refractivity contribution in [2.24, 2.45) is 5.73 Å². The Morgan fingerprint density at radius 1 is 1.73 bits per heavy atom. The summed E-state index contributed by atoms with van der Waals surface area (Å²) in [6.45, 7) is 8.38. The van der Waals surface area contributed by atoms with E-state index in [1.165, 1.54) is 6.54 Å². The topological polar surface area (TPSA) is 46.1 Å². The minimum atomic E-state index is -0.435. The van der Waals surface area contributed by atoms with Crippen LogP contribution in [0.4, 0.5) is 0 Å². The van der Waals surface area contributed by atoms with Gasteiger partial charge in [0.25, 0.3) is 0 Å². The minimum absolute atomic E-state index is 0.398. The molecule has 0 radical (unpaired) electrons. The number of rotatable bonds is 1. The maximum absolute atomic E-state index is 9.82. The molecule has 1 fully saturated rings. The molecule has 1 aliphatic rings. The molecule has 0 spiro atoms. The van der Waals surface area contributed by atoms with Gasteiger partial charge in [-0.05, 0) is 20.9 Å². The first-order valence-electron chi connectivity index (χ1n) is 3.60. The van der Waals surface area contributed by atoms with Crippen molar-refractivity contribution in [1.82, 2.24) is 4.90 Å². The van der Waals surface area contributed by atoms with Crippen molar-refractivity contribution >= 4 is 5.91 Å². The molecule has 3 heteroatoms. The van der Waals surface area contributed by atoms with Gasteiger partial charge in [0.1, 0.15) is 0 Å². The summed E-state index contributed by atoms with van der Waals surface area (Å²) in [5, 5.41) is 0. The van der Waals surface area contributed by atoms with Crippen LogP contribution in [0.1, 0.15) is 13.8 Å².